The van der Waals surface area contributed by atoms with Gasteiger partial charge < -0.3 is 10.5 Å². The number of unbranched alkanes of at least 4 members (excludes halogenated alkanes) is 1. The molecule has 0 radical (unpaired) electrons. The number of thiophene rings is 1. The van der Waals surface area contributed by atoms with Gasteiger partial charge >= 0.3 is 0 Å². The predicted octanol–water partition coefficient (Wildman–Crippen LogP) is 3.91. The molecule has 0 spiro atoms. The molecule has 1 aliphatic heterocycles. The van der Waals surface area contributed by atoms with Gasteiger partial charge in [-0.3, -0.25) is 4.79 Å². The number of carbonyl (C=O) groups excluding carboxylic acids is 1. The summed E-state index contributed by atoms with van der Waals surface area (Å²) in [5.74, 6) is 0.539. The highest BCUT2D eigenvalue weighted by molar-refractivity contribution is 7.12. The number of aryl methyl sites for hydroxylation is 1. The fourth-order valence-corrected chi connectivity index (χ4v) is 4.35. The number of nitrogens with two attached hydrogens (primary N) is 1. The highest BCUT2D eigenvalue weighted by Gasteiger charge is 2.38. The Hall–Kier alpha value is -2.06. The Balaban J connectivity index is 2.03. The summed E-state index contributed by atoms with van der Waals surface area (Å²) < 4.78 is 5.59. The first kappa shape index (κ1) is 15.8. The fourth-order valence-electron chi connectivity index (χ4n) is 3.18. The number of nitrogens with zero attached hydrogens (tertiary/aromatic N) is 1. The van der Waals surface area contributed by atoms with Gasteiger partial charge in [0, 0.05) is 28.2 Å². The largest absolute Gasteiger partial charge is 0.444 e. The smallest absolute Gasteiger partial charge is 0.205 e. The standard InChI is InChI=1S/C18H20N2O2S/c1-2-3-5-11-8-9-15(23-11)16-12(10-19)18(20)22-14-7-4-6-13(21)17(14)16/h8-9,16H,2-7,20H2,1H3/t16-/m1/s1. The van der Waals surface area contributed by atoms with E-state index in [2.05, 4.69) is 19.1 Å². The molecular weight excluding hydrogens is 308 g/mol. The number of rotatable bonds is 4. The molecule has 2 N–H and O–H groups in total. The molecule has 120 valence electrons. The summed E-state index contributed by atoms with van der Waals surface area (Å²) in [7, 11) is 0. The lowest BCUT2D eigenvalue weighted by Crippen LogP contribution is -2.26. The normalized spacial score (nSPS) is 21.0. The highest BCUT2D eigenvalue weighted by atomic mass is 32.1. The molecule has 0 bridgehead atoms. The van der Waals surface area contributed by atoms with Gasteiger partial charge in [-0.2, -0.15) is 5.26 Å². The maximum atomic E-state index is 12.5. The number of hydrogen-bond acceptors (Lipinski definition) is 5. The van der Waals surface area contributed by atoms with Crippen molar-refractivity contribution in [1.29, 1.82) is 5.26 Å². The molecule has 3 rings (SSSR count). The summed E-state index contributed by atoms with van der Waals surface area (Å²) in [5, 5.41) is 9.52. The van der Waals surface area contributed by atoms with Crippen LogP contribution < -0.4 is 5.73 Å². The molecule has 4 nitrogen and oxygen atoms in total. The molecular formula is C18H20N2O2S. The number of carbonyl (C=O) groups is 1. The van der Waals surface area contributed by atoms with E-state index in [4.69, 9.17) is 10.5 Å². The molecule has 1 aliphatic carbocycles. The second kappa shape index (κ2) is 6.59. The van der Waals surface area contributed by atoms with E-state index in [0.29, 0.717) is 29.7 Å². The lowest BCUT2D eigenvalue weighted by Gasteiger charge is -2.30. The van der Waals surface area contributed by atoms with Gasteiger partial charge in [0.15, 0.2) is 5.78 Å². The Kier molecular flexibility index (Phi) is 4.53. The Morgan fingerprint density at radius 3 is 3.00 bits per heavy atom. The summed E-state index contributed by atoms with van der Waals surface area (Å²) in [6.07, 6.45) is 5.34. The van der Waals surface area contributed by atoms with Gasteiger partial charge in [0.05, 0.1) is 5.92 Å². The summed E-state index contributed by atoms with van der Waals surface area (Å²) in [4.78, 5) is 14.8. The van der Waals surface area contributed by atoms with Crippen LogP contribution in [0.15, 0.2) is 34.9 Å². The number of allylic oxidation sites excluding steroid dienone is 3. The van der Waals surface area contributed by atoms with Crippen molar-refractivity contribution in [3.8, 4) is 6.07 Å². The first-order chi connectivity index (χ1) is 11.2. The minimum atomic E-state index is -0.350. The van der Waals surface area contributed by atoms with Gasteiger partial charge in [0.2, 0.25) is 5.88 Å². The van der Waals surface area contributed by atoms with Gasteiger partial charge in [0.1, 0.15) is 17.4 Å². The zero-order chi connectivity index (χ0) is 16.4. The van der Waals surface area contributed by atoms with E-state index in [-0.39, 0.29) is 17.6 Å². The van der Waals surface area contributed by atoms with Crippen LogP contribution in [-0.4, -0.2) is 5.78 Å². The van der Waals surface area contributed by atoms with Crippen molar-refractivity contribution < 1.29 is 9.53 Å². The van der Waals surface area contributed by atoms with E-state index < -0.39 is 0 Å². The van der Waals surface area contributed by atoms with E-state index in [1.807, 2.05) is 6.07 Å². The third kappa shape index (κ3) is 2.91. The predicted molar refractivity (Wildman–Crippen MR) is 89.5 cm³/mol. The van der Waals surface area contributed by atoms with Crippen LogP contribution in [0.5, 0.6) is 0 Å². The molecule has 23 heavy (non-hydrogen) atoms. The lowest BCUT2D eigenvalue weighted by molar-refractivity contribution is -0.116. The molecule has 1 aromatic heterocycles. The average Bonchev–Trinajstić information content (AvgIpc) is 3.00. The molecule has 0 saturated heterocycles. The Bertz CT molecular complexity index is 736. The molecule has 0 saturated carbocycles. The Labute approximate surface area is 140 Å². The molecule has 0 aromatic carbocycles. The van der Waals surface area contributed by atoms with E-state index in [0.717, 1.165) is 30.6 Å². The fraction of sp³-hybridized carbons (Fsp3) is 0.444. The zero-order valence-electron chi connectivity index (χ0n) is 13.2. The van der Waals surface area contributed by atoms with Gasteiger partial charge in [-0.1, -0.05) is 13.3 Å². The van der Waals surface area contributed by atoms with E-state index in [1.54, 1.807) is 11.3 Å². The van der Waals surface area contributed by atoms with Crippen LogP contribution in [0.2, 0.25) is 0 Å². The molecule has 1 aromatic rings. The molecule has 2 aliphatic rings. The molecule has 0 fully saturated rings. The summed E-state index contributed by atoms with van der Waals surface area (Å²) in [6, 6.07) is 6.29. The van der Waals surface area contributed by atoms with Crippen molar-refractivity contribution in [3.05, 3.63) is 44.7 Å². The molecule has 0 amide bonds. The number of ketones is 1. The van der Waals surface area contributed by atoms with Crippen molar-refractivity contribution in [2.75, 3.05) is 0 Å². The molecule has 1 atom stereocenters. The number of nitriles is 1. The van der Waals surface area contributed by atoms with Gasteiger partial charge in [0.25, 0.3) is 0 Å². The van der Waals surface area contributed by atoms with E-state index >= 15 is 0 Å². The Morgan fingerprint density at radius 1 is 1.43 bits per heavy atom. The van der Waals surface area contributed by atoms with Crippen LogP contribution in [-0.2, 0) is 16.0 Å². The third-order valence-electron chi connectivity index (χ3n) is 4.35. The number of Topliss-reactive ketones (excluding diaryl/α,β-unsaturated/α-hetero) is 1. The van der Waals surface area contributed by atoms with Crippen LogP contribution in [0.3, 0.4) is 0 Å². The molecule has 0 unspecified atom stereocenters. The van der Waals surface area contributed by atoms with Crippen molar-refractivity contribution >= 4 is 17.1 Å². The van der Waals surface area contributed by atoms with Crippen molar-refractivity contribution in [2.45, 2.75) is 51.4 Å². The first-order valence-electron chi connectivity index (χ1n) is 8.08. The third-order valence-corrected chi connectivity index (χ3v) is 5.56. The maximum Gasteiger partial charge on any atom is 0.205 e. The minimum Gasteiger partial charge on any atom is -0.444 e. The topological polar surface area (TPSA) is 76.1 Å². The van der Waals surface area contributed by atoms with Crippen LogP contribution in [0, 0.1) is 11.3 Å². The monoisotopic (exact) mass is 328 g/mol. The van der Waals surface area contributed by atoms with Crippen molar-refractivity contribution in [3.63, 3.8) is 0 Å². The lowest BCUT2D eigenvalue weighted by atomic mass is 9.80. The van der Waals surface area contributed by atoms with E-state index in [1.165, 1.54) is 4.88 Å². The van der Waals surface area contributed by atoms with Crippen LogP contribution >= 0.6 is 11.3 Å². The first-order valence-corrected chi connectivity index (χ1v) is 8.89. The van der Waals surface area contributed by atoms with Crippen molar-refractivity contribution in [1.82, 2.24) is 0 Å². The minimum absolute atomic E-state index is 0.0833. The number of hydrogen-bond donors (Lipinski definition) is 1. The second-order valence-electron chi connectivity index (χ2n) is 5.95. The number of ether oxygens (including phenoxy) is 1. The average molecular weight is 328 g/mol. The molecule has 2 heterocycles. The van der Waals surface area contributed by atoms with Crippen LogP contribution in [0.1, 0.15) is 54.7 Å². The van der Waals surface area contributed by atoms with Gasteiger partial charge in [-0.25, -0.2) is 0 Å². The van der Waals surface area contributed by atoms with Gasteiger partial charge in [-0.05, 0) is 31.4 Å². The maximum absolute atomic E-state index is 12.5. The Morgan fingerprint density at radius 2 is 2.26 bits per heavy atom. The summed E-state index contributed by atoms with van der Waals surface area (Å²) in [5.41, 5.74) is 6.96. The van der Waals surface area contributed by atoms with Crippen molar-refractivity contribution in [2.24, 2.45) is 5.73 Å². The molecule has 5 heteroatoms. The SMILES string of the molecule is CCCCc1ccc([C@H]2C(C#N)=C(N)OC3=C2C(=O)CCC3)s1. The van der Waals surface area contributed by atoms with Gasteiger partial charge in [-0.15, -0.1) is 11.3 Å². The van der Waals surface area contributed by atoms with Crippen LogP contribution in [0.4, 0.5) is 0 Å². The zero-order valence-corrected chi connectivity index (χ0v) is 14.0. The van der Waals surface area contributed by atoms with E-state index in [9.17, 15) is 10.1 Å². The summed E-state index contributed by atoms with van der Waals surface area (Å²) >= 11 is 1.68. The highest BCUT2D eigenvalue weighted by Crippen LogP contribution is 2.45. The quantitative estimate of drug-likeness (QED) is 0.909. The summed E-state index contributed by atoms with van der Waals surface area (Å²) in [6.45, 7) is 2.17. The second-order valence-corrected chi connectivity index (χ2v) is 7.15. The van der Waals surface area contributed by atoms with Crippen LogP contribution in [0.25, 0.3) is 0 Å².